The summed E-state index contributed by atoms with van der Waals surface area (Å²) in [7, 11) is 1.63. The molecule has 1 N–H and O–H groups in total. The van der Waals surface area contributed by atoms with Crippen molar-refractivity contribution in [1.29, 1.82) is 0 Å². The molecule has 0 spiro atoms. The number of methoxy groups -OCH3 is 1. The van der Waals surface area contributed by atoms with Gasteiger partial charge in [-0.25, -0.2) is 10.4 Å². The average Bonchev–Trinajstić information content (AvgIpc) is 3.09. The van der Waals surface area contributed by atoms with E-state index in [0.717, 1.165) is 22.6 Å². The van der Waals surface area contributed by atoms with Gasteiger partial charge in [-0.3, -0.25) is 4.79 Å². The third kappa shape index (κ3) is 2.42. The van der Waals surface area contributed by atoms with E-state index >= 15 is 0 Å². The Bertz CT molecular complexity index is 828. The van der Waals surface area contributed by atoms with Crippen molar-refractivity contribution in [2.75, 3.05) is 7.11 Å². The van der Waals surface area contributed by atoms with Crippen LogP contribution in [0.4, 0.5) is 0 Å². The molecule has 0 radical (unpaired) electrons. The molecule has 0 aromatic heterocycles. The minimum absolute atomic E-state index is 0.137. The van der Waals surface area contributed by atoms with Crippen LogP contribution in [0.5, 0.6) is 5.75 Å². The number of ether oxygens (including phenoxy) is 1. The summed E-state index contributed by atoms with van der Waals surface area (Å²) in [5.41, 5.74) is 5.37. The van der Waals surface area contributed by atoms with Crippen LogP contribution in [-0.4, -0.2) is 35.6 Å². The summed E-state index contributed by atoms with van der Waals surface area (Å²) >= 11 is 0. The fourth-order valence-corrected chi connectivity index (χ4v) is 2.89. The van der Waals surface area contributed by atoms with Crippen molar-refractivity contribution in [3.8, 4) is 5.75 Å². The molecule has 120 valence electrons. The molecular weight excluding hydrogens is 304 g/mol. The van der Waals surface area contributed by atoms with Crippen molar-refractivity contribution in [3.63, 3.8) is 0 Å². The molecule has 6 nitrogen and oxygen atoms in total. The zero-order valence-electron chi connectivity index (χ0n) is 13.1. The highest BCUT2D eigenvalue weighted by molar-refractivity contribution is 6.11. The van der Waals surface area contributed by atoms with Crippen molar-refractivity contribution >= 4 is 17.5 Å². The number of carbonyl (C=O) groups excluding carboxylic acids is 1. The van der Waals surface area contributed by atoms with E-state index in [1.54, 1.807) is 12.1 Å². The molecule has 2 aliphatic heterocycles. The van der Waals surface area contributed by atoms with Crippen molar-refractivity contribution in [2.24, 2.45) is 10.2 Å². The van der Waals surface area contributed by atoms with Gasteiger partial charge in [-0.15, -0.1) is 0 Å². The molecule has 0 aliphatic carbocycles. The predicted octanol–water partition coefficient (Wildman–Crippen LogP) is 1.97. The smallest absolute Gasteiger partial charge is 0.265 e. The van der Waals surface area contributed by atoms with Crippen molar-refractivity contribution in [1.82, 2.24) is 10.4 Å². The zero-order valence-corrected chi connectivity index (χ0v) is 13.1. The lowest BCUT2D eigenvalue weighted by Crippen LogP contribution is -2.49. The summed E-state index contributed by atoms with van der Waals surface area (Å²) in [5, 5.41) is 10.6. The lowest BCUT2D eigenvalue weighted by molar-refractivity contribution is -0.125. The van der Waals surface area contributed by atoms with Gasteiger partial charge in [-0.2, -0.15) is 10.2 Å². The SMILES string of the molecule is COc1ccc(C2=NN3C(c4ccccc4)=NNC(=O)C3C2)cc1. The van der Waals surface area contributed by atoms with Crippen LogP contribution < -0.4 is 10.2 Å². The number of hydrogen-bond donors (Lipinski definition) is 1. The number of rotatable bonds is 3. The van der Waals surface area contributed by atoms with Gasteiger partial charge in [-0.05, 0) is 29.8 Å². The number of hydrazone groups is 2. The Morgan fingerprint density at radius 2 is 1.83 bits per heavy atom. The van der Waals surface area contributed by atoms with Gasteiger partial charge in [0, 0.05) is 12.0 Å². The highest BCUT2D eigenvalue weighted by Gasteiger charge is 2.39. The van der Waals surface area contributed by atoms with Crippen LogP contribution in [0.3, 0.4) is 0 Å². The van der Waals surface area contributed by atoms with Crippen molar-refractivity contribution in [3.05, 3.63) is 65.7 Å². The Balaban J connectivity index is 1.69. The third-order valence-electron chi connectivity index (χ3n) is 4.16. The van der Waals surface area contributed by atoms with E-state index in [2.05, 4.69) is 15.6 Å². The molecule has 1 unspecified atom stereocenters. The van der Waals surface area contributed by atoms with E-state index in [0.29, 0.717) is 12.3 Å². The third-order valence-corrected chi connectivity index (χ3v) is 4.16. The molecule has 1 atom stereocenters. The zero-order chi connectivity index (χ0) is 16.5. The number of hydrogen-bond acceptors (Lipinski definition) is 5. The quantitative estimate of drug-likeness (QED) is 0.940. The number of carbonyl (C=O) groups is 1. The Kier molecular flexibility index (Phi) is 3.49. The maximum atomic E-state index is 12.2. The maximum absolute atomic E-state index is 12.2. The Morgan fingerprint density at radius 1 is 1.08 bits per heavy atom. The van der Waals surface area contributed by atoms with E-state index in [-0.39, 0.29) is 11.9 Å². The molecule has 4 rings (SSSR count). The van der Waals surface area contributed by atoms with E-state index < -0.39 is 0 Å². The van der Waals surface area contributed by atoms with Gasteiger partial charge in [0.15, 0.2) is 5.84 Å². The summed E-state index contributed by atoms with van der Waals surface area (Å²) in [5.74, 6) is 1.31. The maximum Gasteiger partial charge on any atom is 0.265 e. The van der Waals surface area contributed by atoms with Crippen LogP contribution in [-0.2, 0) is 4.79 Å². The van der Waals surface area contributed by atoms with Crippen LogP contribution in [0, 0.1) is 0 Å². The summed E-state index contributed by atoms with van der Waals surface area (Å²) in [6.45, 7) is 0. The van der Waals surface area contributed by atoms with Crippen LogP contribution in [0.15, 0.2) is 64.8 Å². The van der Waals surface area contributed by atoms with E-state index in [9.17, 15) is 4.79 Å². The van der Waals surface area contributed by atoms with Gasteiger partial charge < -0.3 is 4.74 Å². The standard InChI is InChI=1S/C18H16N4O2/c1-24-14-9-7-12(8-10-14)15-11-16-18(23)20-19-17(22(16)21-15)13-5-3-2-4-6-13/h2-10,16H,11H2,1H3,(H,20,23). The van der Waals surface area contributed by atoms with Gasteiger partial charge in [0.05, 0.1) is 12.8 Å². The van der Waals surface area contributed by atoms with Gasteiger partial charge in [0.25, 0.3) is 5.91 Å². The predicted molar refractivity (Wildman–Crippen MR) is 90.9 cm³/mol. The van der Waals surface area contributed by atoms with Crippen LogP contribution in [0.2, 0.25) is 0 Å². The summed E-state index contributed by atoms with van der Waals surface area (Å²) in [6.07, 6.45) is 0.546. The molecule has 2 aromatic carbocycles. The Labute approximate surface area is 139 Å². The first-order chi connectivity index (χ1) is 11.8. The van der Waals surface area contributed by atoms with Gasteiger partial charge in [0.2, 0.25) is 0 Å². The summed E-state index contributed by atoms with van der Waals surface area (Å²) in [6, 6.07) is 17.0. The summed E-state index contributed by atoms with van der Waals surface area (Å²) in [4.78, 5) is 12.2. The number of fused-ring (bicyclic) bond motifs is 1. The molecule has 2 aromatic rings. The van der Waals surface area contributed by atoms with E-state index in [1.807, 2.05) is 54.6 Å². The first-order valence-corrected chi connectivity index (χ1v) is 7.70. The number of amides is 1. The minimum atomic E-state index is -0.366. The second kappa shape index (κ2) is 5.81. The average molecular weight is 320 g/mol. The fourth-order valence-electron chi connectivity index (χ4n) is 2.89. The topological polar surface area (TPSA) is 66.3 Å². The van der Waals surface area contributed by atoms with Crippen LogP contribution in [0.1, 0.15) is 17.5 Å². The molecule has 1 amide bonds. The number of nitrogens with zero attached hydrogens (tertiary/aromatic N) is 3. The normalized spacial score (nSPS) is 19.3. The van der Waals surface area contributed by atoms with E-state index in [4.69, 9.17) is 4.74 Å². The number of nitrogens with one attached hydrogen (secondary N) is 1. The second-order valence-corrected chi connectivity index (χ2v) is 5.62. The molecule has 2 heterocycles. The van der Waals surface area contributed by atoms with E-state index in [1.165, 1.54) is 0 Å². The fraction of sp³-hybridized carbons (Fsp3) is 0.167. The lowest BCUT2D eigenvalue weighted by atomic mass is 10.0. The molecule has 24 heavy (non-hydrogen) atoms. The molecule has 2 aliphatic rings. The van der Waals surface area contributed by atoms with Gasteiger partial charge >= 0.3 is 0 Å². The highest BCUT2D eigenvalue weighted by atomic mass is 16.5. The largest absolute Gasteiger partial charge is 0.497 e. The van der Waals surface area contributed by atoms with Crippen LogP contribution >= 0.6 is 0 Å². The van der Waals surface area contributed by atoms with Crippen LogP contribution in [0.25, 0.3) is 0 Å². The van der Waals surface area contributed by atoms with Gasteiger partial charge in [-0.1, -0.05) is 30.3 Å². The van der Waals surface area contributed by atoms with Crippen molar-refractivity contribution in [2.45, 2.75) is 12.5 Å². The summed E-state index contributed by atoms with van der Waals surface area (Å²) < 4.78 is 5.18. The molecular formula is C18H16N4O2. The lowest BCUT2D eigenvalue weighted by Gasteiger charge is -2.27. The van der Waals surface area contributed by atoms with Crippen molar-refractivity contribution < 1.29 is 9.53 Å². The first kappa shape index (κ1) is 14.4. The monoisotopic (exact) mass is 320 g/mol. The molecule has 0 bridgehead atoms. The molecule has 6 heteroatoms. The molecule has 0 saturated heterocycles. The highest BCUT2D eigenvalue weighted by Crippen LogP contribution is 2.25. The second-order valence-electron chi connectivity index (χ2n) is 5.62. The Hall–Kier alpha value is -3.15. The number of amidine groups is 1. The number of benzene rings is 2. The molecule has 0 saturated carbocycles. The Morgan fingerprint density at radius 3 is 2.54 bits per heavy atom. The molecule has 0 fully saturated rings. The minimum Gasteiger partial charge on any atom is -0.497 e. The first-order valence-electron chi connectivity index (χ1n) is 7.70. The van der Waals surface area contributed by atoms with Gasteiger partial charge in [0.1, 0.15) is 11.8 Å².